The van der Waals surface area contributed by atoms with Crippen molar-refractivity contribution in [2.75, 3.05) is 6.26 Å². The largest absolute Gasteiger partial charge is 0.161 e. The molecule has 0 aliphatic heterocycles. The molecule has 2 aromatic rings. The molecule has 1 atom stereocenters. The van der Waals surface area contributed by atoms with Gasteiger partial charge in [-0.1, -0.05) is 98.7 Å². The van der Waals surface area contributed by atoms with Gasteiger partial charge in [0.05, 0.1) is 0 Å². The van der Waals surface area contributed by atoms with Crippen LogP contribution in [0, 0.1) is 17.3 Å². The van der Waals surface area contributed by atoms with Crippen molar-refractivity contribution in [3.8, 4) is 11.1 Å². The smallest absolute Gasteiger partial charge is 0.0181 e. The molecular weight excluding hydrogens is 380 g/mol. The molecule has 0 spiro atoms. The highest BCUT2D eigenvalue weighted by Gasteiger charge is 2.29. The van der Waals surface area contributed by atoms with E-state index in [1.807, 2.05) is 11.8 Å². The fourth-order valence-electron chi connectivity index (χ4n) is 4.24. The van der Waals surface area contributed by atoms with Crippen molar-refractivity contribution in [1.29, 1.82) is 0 Å². The van der Waals surface area contributed by atoms with E-state index in [9.17, 15) is 0 Å². The lowest BCUT2D eigenvalue weighted by molar-refractivity contribution is 0.151. The molecule has 0 aromatic heterocycles. The summed E-state index contributed by atoms with van der Waals surface area (Å²) in [5, 5.41) is 0. The molecule has 0 aliphatic rings. The zero-order chi connectivity index (χ0) is 22.6. The molecule has 2 aromatic carbocycles. The van der Waals surface area contributed by atoms with E-state index in [0.29, 0.717) is 29.1 Å². The van der Waals surface area contributed by atoms with Crippen molar-refractivity contribution in [2.24, 2.45) is 17.3 Å². The Morgan fingerprint density at radius 2 is 1.20 bits per heavy atom. The molecule has 0 saturated carbocycles. The number of thioether (sulfide) groups is 1. The van der Waals surface area contributed by atoms with Crippen molar-refractivity contribution in [3.05, 3.63) is 58.7 Å². The Balaban J connectivity index is 2.48. The predicted molar refractivity (Wildman–Crippen MR) is 139 cm³/mol. The molecule has 30 heavy (non-hydrogen) atoms. The minimum Gasteiger partial charge on any atom is -0.161 e. The summed E-state index contributed by atoms with van der Waals surface area (Å²) in [4.78, 5) is 0. The summed E-state index contributed by atoms with van der Waals surface area (Å²) in [5.41, 5.74) is 9.06. The molecule has 0 fully saturated rings. The lowest BCUT2D eigenvalue weighted by Gasteiger charge is -2.36. The summed E-state index contributed by atoms with van der Waals surface area (Å²) in [6, 6.07) is 14.4. The van der Waals surface area contributed by atoms with Crippen molar-refractivity contribution in [3.63, 3.8) is 0 Å². The van der Waals surface area contributed by atoms with Gasteiger partial charge < -0.3 is 0 Å². The molecule has 0 bridgehead atoms. The standard InChI is InChI=1S/C29H44S/c1-19(2)27-16-23(15-22(7)29(8,9)21(5)6)11-13-25(27)26-14-12-24(18-30-10)17-28(26)20(3)4/h11-14,16-17,19-22H,15,18H2,1-10H3. The number of hydrogen-bond donors (Lipinski definition) is 0. The Kier molecular flexibility index (Phi) is 8.69. The van der Waals surface area contributed by atoms with E-state index in [-0.39, 0.29) is 0 Å². The van der Waals surface area contributed by atoms with Gasteiger partial charge in [-0.25, -0.2) is 0 Å². The average Bonchev–Trinajstić information content (AvgIpc) is 2.68. The van der Waals surface area contributed by atoms with Gasteiger partial charge in [-0.2, -0.15) is 11.8 Å². The zero-order valence-electron chi connectivity index (χ0n) is 21.1. The molecule has 0 saturated heterocycles. The number of hydrogen-bond acceptors (Lipinski definition) is 1. The van der Waals surface area contributed by atoms with Gasteiger partial charge in [-0.15, -0.1) is 0 Å². The molecule has 0 nitrogen and oxygen atoms in total. The number of benzene rings is 2. The molecule has 1 heteroatoms. The first-order valence-corrected chi connectivity index (χ1v) is 13.1. The minimum absolute atomic E-state index is 0.342. The lowest BCUT2D eigenvalue weighted by atomic mass is 9.69. The summed E-state index contributed by atoms with van der Waals surface area (Å²) in [5.74, 6) is 3.46. The van der Waals surface area contributed by atoms with E-state index < -0.39 is 0 Å². The molecule has 0 aliphatic carbocycles. The van der Waals surface area contributed by atoms with Crippen LogP contribution in [0.3, 0.4) is 0 Å². The van der Waals surface area contributed by atoms with Crippen LogP contribution >= 0.6 is 11.8 Å². The zero-order valence-corrected chi connectivity index (χ0v) is 21.9. The summed E-state index contributed by atoms with van der Waals surface area (Å²) >= 11 is 1.90. The highest BCUT2D eigenvalue weighted by atomic mass is 32.2. The van der Waals surface area contributed by atoms with Crippen LogP contribution in [0.4, 0.5) is 0 Å². The van der Waals surface area contributed by atoms with Gasteiger partial charge in [-0.05, 0) is 75.1 Å². The van der Waals surface area contributed by atoms with Crippen LogP contribution < -0.4 is 0 Å². The fourth-order valence-corrected chi connectivity index (χ4v) is 4.75. The molecule has 0 radical (unpaired) electrons. The third-order valence-corrected chi connectivity index (χ3v) is 8.00. The van der Waals surface area contributed by atoms with Gasteiger partial charge in [0, 0.05) is 5.75 Å². The Morgan fingerprint density at radius 1 is 0.733 bits per heavy atom. The number of rotatable bonds is 9. The van der Waals surface area contributed by atoms with E-state index in [4.69, 9.17) is 0 Å². The van der Waals surface area contributed by atoms with E-state index in [0.717, 1.165) is 12.2 Å². The maximum absolute atomic E-state index is 2.49. The lowest BCUT2D eigenvalue weighted by Crippen LogP contribution is -2.29. The normalized spacial score (nSPS) is 13.5. The van der Waals surface area contributed by atoms with Gasteiger partial charge in [0.25, 0.3) is 0 Å². The SMILES string of the molecule is CSCc1ccc(-c2ccc(CC(C)C(C)(C)C(C)C)cc2C(C)C)c(C(C)C)c1. The second-order valence-electron chi connectivity index (χ2n) is 10.7. The monoisotopic (exact) mass is 424 g/mol. The van der Waals surface area contributed by atoms with Crippen LogP contribution in [-0.4, -0.2) is 6.26 Å². The van der Waals surface area contributed by atoms with E-state index in [1.165, 1.54) is 33.4 Å². The molecule has 166 valence electrons. The maximum Gasteiger partial charge on any atom is 0.0181 e. The molecular formula is C29H44S. The highest BCUT2D eigenvalue weighted by Crippen LogP contribution is 2.39. The van der Waals surface area contributed by atoms with Gasteiger partial charge >= 0.3 is 0 Å². The molecule has 0 heterocycles. The Hall–Kier alpha value is -1.21. The maximum atomic E-state index is 2.49. The van der Waals surface area contributed by atoms with Gasteiger partial charge in [0.1, 0.15) is 0 Å². The van der Waals surface area contributed by atoms with Crippen LogP contribution in [0.15, 0.2) is 36.4 Å². The van der Waals surface area contributed by atoms with Crippen LogP contribution in [-0.2, 0) is 12.2 Å². The van der Waals surface area contributed by atoms with Crippen molar-refractivity contribution in [2.45, 2.75) is 86.3 Å². The Bertz CT molecular complexity index is 826. The van der Waals surface area contributed by atoms with Crippen molar-refractivity contribution in [1.82, 2.24) is 0 Å². The fraction of sp³-hybridized carbons (Fsp3) is 0.586. The molecule has 2 rings (SSSR count). The molecule has 0 amide bonds. The second kappa shape index (κ2) is 10.4. The summed E-state index contributed by atoms with van der Waals surface area (Å²) < 4.78 is 0. The second-order valence-corrected chi connectivity index (χ2v) is 11.5. The van der Waals surface area contributed by atoms with E-state index in [2.05, 4.69) is 105 Å². The summed E-state index contributed by atoms with van der Waals surface area (Å²) in [6.45, 7) is 21.3. The quantitative estimate of drug-likeness (QED) is 0.386. The van der Waals surface area contributed by atoms with E-state index >= 15 is 0 Å². The third kappa shape index (κ3) is 5.72. The molecule has 0 N–H and O–H groups in total. The van der Waals surface area contributed by atoms with Crippen LogP contribution in [0.1, 0.15) is 96.4 Å². The van der Waals surface area contributed by atoms with Crippen LogP contribution in [0.2, 0.25) is 0 Å². The van der Waals surface area contributed by atoms with Gasteiger partial charge in [-0.3, -0.25) is 0 Å². The first-order valence-electron chi connectivity index (χ1n) is 11.7. The highest BCUT2D eigenvalue weighted by molar-refractivity contribution is 7.97. The minimum atomic E-state index is 0.342. The summed E-state index contributed by atoms with van der Waals surface area (Å²) in [6.07, 6.45) is 3.33. The molecule has 1 unspecified atom stereocenters. The van der Waals surface area contributed by atoms with E-state index in [1.54, 1.807) is 0 Å². The first-order chi connectivity index (χ1) is 14.0. The summed E-state index contributed by atoms with van der Waals surface area (Å²) in [7, 11) is 0. The van der Waals surface area contributed by atoms with Crippen LogP contribution in [0.25, 0.3) is 11.1 Å². The van der Waals surface area contributed by atoms with Gasteiger partial charge in [0.15, 0.2) is 0 Å². The Labute approximate surface area is 191 Å². The Morgan fingerprint density at radius 3 is 1.63 bits per heavy atom. The third-order valence-electron chi connectivity index (χ3n) is 7.38. The predicted octanol–water partition coefficient (Wildman–Crippen LogP) is 9.32. The topological polar surface area (TPSA) is 0 Å². The van der Waals surface area contributed by atoms with Crippen molar-refractivity contribution < 1.29 is 0 Å². The van der Waals surface area contributed by atoms with Crippen molar-refractivity contribution >= 4 is 11.8 Å². The van der Waals surface area contributed by atoms with Crippen LogP contribution in [0.5, 0.6) is 0 Å². The first kappa shape index (κ1) is 25.1. The van der Waals surface area contributed by atoms with Gasteiger partial charge in [0.2, 0.25) is 0 Å². The average molecular weight is 425 g/mol.